The lowest BCUT2D eigenvalue weighted by Crippen LogP contribution is -2.38. The smallest absolute Gasteiger partial charge is 0.255 e. The molecule has 1 aliphatic rings. The molecule has 1 saturated carbocycles. The van der Waals surface area contributed by atoms with E-state index in [2.05, 4.69) is 5.32 Å². The summed E-state index contributed by atoms with van der Waals surface area (Å²) in [5.74, 6) is 0.262. The minimum Gasteiger partial charge on any atom is -0.496 e. The van der Waals surface area contributed by atoms with E-state index >= 15 is 0 Å². The van der Waals surface area contributed by atoms with Gasteiger partial charge in [0.15, 0.2) is 0 Å². The van der Waals surface area contributed by atoms with E-state index < -0.39 is 0 Å². The monoisotopic (exact) mass is 297 g/mol. The molecule has 0 aromatic heterocycles. The van der Waals surface area contributed by atoms with Crippen molar-refractivity contribution in [3.63, 3.8) is 0 Å². The van der Waals surface area contributed by atoms with E-state index in [1.807, 2.05) is 0 Å². The molecule has 0 radical (unpaired) electrons. The fraction of sp³-hybridized carbons (Fsp3) is 0.533. The predicted octanol–water partition coefficient (Wildman–Crippen LogP) is 2.63. The van der Waals surface area contributed by atoms with Crippen LogP contribution in [-0.4, -0.2) is 31.3 Å². The molecule has 1 aromatic rings. The van der Waals surface area contributed by atoms with Gasteiger partial charge in [-0.2, -0.15) is 0 Å². The van der Waals surface area contributed by atoms with Crippen molar-refractivity contribution in [2.75, 3.05) is 20.3 Å². The van der Waals surface area contributed by atoms with Gasteiger partial charge >= 0.3 is 0 Å². The first kappa shape index (κ1) is 15.1. The van der Waals surface area contributed by atoms with Gasteiger partial charge in [-0.15, -0.1) is 0 Å². The molecule has 0 bridgehead atoms. The van der Waals surface area contributed by atoms with Crippen molar-refractivity contribution in [1.82, 2.24) is 5.32 Å². The topological polar surface area (TPSA) is 58.6 Å². The molecule has 2 rings (SSSR count). The van der Waals surface area contributed by atoms with Crippen LogP contribution in [0.1, 0.15) is 36.0 Å². The van der Waals surface area contributed by atoms with Gasteiger partial charge in [-0.25, -0.2) is 0 Å². The molecule has 1 aliphatic carbocycles. The molecule has 1 amide bonds. The molecule has 5 heteroatoms. The molecule has 0 aliphatic heterocycles. The predicted molar refractivity (Wildman–Crippen MR) is 78.3 cm³/mol. The number of carbonyl (C=O) groups is 1. The van der Waals surface area contributed by atoms with Crippen LogP contribution in [0.25, 0.3) is 0 Å². The van der Waals surface area contributed by atoms with Crippen LogP contribution in [0.2, 0.25) is 5.02 Å². The van der Waals surface area contributed by atoms with Crippen molar-refractivity contribution in [3.8, 4) is 5.75 Å². The standard InChI is InChI=1S/C15H20ClNO3/c1-20-13-8-11(16)4-5-12(13)14(19)17-9-15(10-18)6-2-3-7-15/h4-5,8,18H,2-3,6-7,9-10H2,1H3,(H,17,19). The Morgan fingerprint density at radius 1 is 1.45 bits per heavy atom. The Kier molecular flexibility index (Phi) is 4.89. The van der Waals surface area contributed by atoms with Crippen molar-refractivity contribution in [2.45, 2.75) is 25.7 Å². The summed E-state index contributed by atoms with van der Waals surface area (Å²) in [6.07, 6.45) is 4.14. The van der Waals surface area contributed by atoms with Gasteiger partial charge in [-0.1, -0.05) is 24.4 Å². The maximum atomic E-state index is 12.2. The molecule has 0 heterocycles. The van der Waals surface area contributed by atoms with Gasteiger partial charge in [0.25, 0.3) is 5.91 Å². The van der Waals surface area contributed by atoms with Crippen LogP contribution < -0.4 is 10.1 Å². The summed E-state index contributed by atoms with van der Waals surface area (Å²) in [5, 5.41) is 13.0. The average Bonchev–Trinajstić information content (AvgIpc) is 2.94. The Balaban J connectivity index is 2.05. The number of benzene rings is 1. The van der Waals surface area contributed by atoms with E-state index in [4.69, 9.17) is 16.3 Å². The molecular weight excluding hydrogens is 278 g/mol. The van der Waals surface area contributed by atoms with E-state index in [1.165, 1.54) is 7.11 Å². The molecule has 0 atom stereocenters. The summed E-state index contributed by atoms with van der Waals surface area (Å²) in [7, 11) is 1.51. The minimum absolute atomic E-state index is 0.116. The second-order valence-electron chi connectivity index (χ2n) is 5.39. The van der Waals surface area contributed by atoms with Crippen molar-refractivity contribution < 1.29 is 14.6 Å². The third kappa shape index (κ3) is 3.25. The third-order valence-electron chi connectivity index (χ3n) is 4.03. The maximum Gasteiger partial charge on any atom is 0.255 e. The van der Waals surface area contributed by atoms with Crippen LogP contribution in [0, 0.1) is 5.41 Å². The highest BCUT2D eigenvalue weighted by Crippen LogP contribution is 2.37. The van der Waals surface area contributed by atoms with E-state index in [9.17, 15) is 9.90 Å². The van der Waals surface area contributed by atoms with Gasteiger partial charge in [-0.3, -0.25) is 4.79 Å². The zero-order valence-corrected chi connectivity index (χ0v) is 12.4. The number of aliphatic hydroxyl groups excluding tert-OH is 1. The highest BCUT2D eigenvalue weighted by Gasteiger charge is 2.33. The maximum absolute atomic E-state index is 12.2. The second-order valence-corrected chi connectivity index (χ2v) is 5.83. The number of ether oxygens (including phenoxy) is 1. The molecule has 20 heavy (non-hydrogen) atoms. The molecule has 0 saturated heterocycles. The Morgan fingerprint density at radius 2 is 2.15 bits per heavy atom. The van der Waals surface area contributed by atoms with E-state index in [1.54, 1.807) is 18.2 Å². The zero-order valence-electron chi connectivity index (χ0n) is 11.6. The molecule has 1 fully saturated rings. The molecule has 2 N–H and O–H groups in total. The van der Waals surface area contributed by atoms with Gasteiger partial charge in [-0.05, 0) is 31.0 Å². The fourth-order valence-electron chi connectivity index (χ4n) is 2.73. The van der Waals surface area contributed by atoms with Crippen LogP contribution in [0.5, 0.6) is 5.75 Å². The number of methoxy groups -OCH3 is 1. The van der Waals surface area contributed by atoms with Crippen molar-refractivity contribution >= 4 is 17.5 Å². The van der Waals surface area contributed by atoms with Gasteiger partial charge in [0.2, 0.25) is 0 Å². The van der Waals surface area contributed by atoms with Gasteiger partial charge in [0.1, 0.15) is 5.75 Å². The molecule has 0 unspecified atom stereocenters. The van der Waals surface area contributed by atoms with Gasteiger partial charge in [0, 0.05) is 17.0 Å². The third-order valence-corrected chi connectivity index (χ3v) is 4.27. The summed E-state index contributed by atoms with van der Waals surface area (Å²) in [6, 6.07) is 4.93. The van der Waals surface area contributed by atoms with Crippen molar-refractivity contribution in [1.29, 1.82) is 0 Å². The lowest BCUT2D eigenvalue weighted by molar-refractivity contribution is 0.0878. The first-order valence-corrected chi connectivity index (χ1v) is 7.21. The SMILES string of the molecule is COc1cc(Cl)ccc1C(=O)NCC1(CO)CCCC1. The number of halogens is 1. The first-order valence-electron chi connectivity index (χ1n) is 6.83. The fourth-order valence-corrected chi connectivity index (χ4v) is 2.89. The van der Waals surface area contributed by atoms with E-state index in [-0.39, 0.29) is 17.9 Å². The lowest BCUT2D eigenvalue weighted by Gasteiger charge is -2.26. The summed E-state index contributed by atoms with van der Waals surface area (Å²) < 4.78 is 5.18. The number of hydrogen-bond donors (Lipinski definition) is 2. The number of nitrogens with one attached hydrogen (secondary N) is 1. The highest BCUT2D eigenvalue weighted by molar-refractivity contribution is 6.30. The molecule has 110 valence electrons. The van der Waals surface area contributed by atoms with Crippen molar-refractivity contribution in [2.24, 2.45) is 5.41 Å². The molecule has 4 nitrogen and oxygen atoms in total. The first-order chi connectivity index (χ1) is 9.60. The van der Waals surface area contributed by atoms with Crippen molar-refractivity contribution in [3.05, 3.63) is 28.8 Å². The van der Waals surface area contributed by atoms with Crippen LogP contribution in [-0.2, 0) is 0 Å². The van der Waals surface area contributed by atoms with Crippen LogP contribution in [0.15, 0.2) is 18.2 Å². The summed E-state index contributed by atoms with van der Waals surface area (Å²) in [5.41, 5.74) is 0.304. The number of amides is 1. The van der Waals surface area contributed by atoms with Crippen LogP contribution >= 0.6 is 11.6 Å². The minimum atomic E-state index is -0.196. The average molecular weight is 298 g/mol. The quantitative estimate of drug-likeness (QED) is 0.878. The Bertz CT molecular complexity index is 484. The van der Waals surface area contributed by atoms with E-state index in [0.717, 1.165) is 25.7 Å². The largest absolute Gasteiger partial charge is 0.496 e. The molecule has 0 spiro atoms. The highest BCUT2D eigenvalue weighted by atomic mass is 35.5. The van der Waals surface area contributed by atoms with Gasteiger partial charge < -0.3 is 15.2 Å². The van der Waals surface area contributed by atoms with Gasteiger partial charge in [0.05, 0.1) is 19.3 Å². The summed E-state index contributed by atoms with van der Waals surface area (Å²) in [4.78, 5) is 12.2. The van der Waals surface area contributed by atoms with Crippen LogP contribution in [0.4, 0.5) is 0 Å². The second kappa shape index (κ2) is 6.46. The Morgan fingerprint density at radius 3 is 2.75 bits per heavy atom. The summed E-state index contributed by atoms with van der Waals surface area (Å²) >= 11 is 5.88. The number of aliphatic hydroxyl groups is 1. The summed E-state index contributed by atoms with van der Waals surface area (Å²) in [6.45, 7) is 0.610. The van der Waals surface area contributed by atoms with Crippen LogP contribution in [0.3, 0.4) is 0 Å². The molecular formula is C15H20ClNO3. The number of carbonyl (C=O) groups excluding carboxylic acids is 1. The Labute approximate surface area is 124 Å². The normalized spacial score (nSPS) is 16.9. The lowest BCUT2D eigenvalue weighted by atomic mass is 9.87. The Hall–Kier alpha value is -1.26. The zero-order chi connectivity index (χ0) is 14.6. The number of rotatable bonds is 5. The number of hydrogen-bond acceptors (Lipinski definition) is 3. The molecule has 1 aromatic carbocycles. The van der Waals surface area contributed by atoms with E-state index in [0.29, 0.717) is 22.9 Å².